The van der Waals surface area contributed by atoms with Gasteiger partial charge in [0, 0.05) is 10.9 Å². The summed E-state index contributed by atoms with van der Waals surface area (Å²) in [6.07, 6.45) is 0. The zero-order valence-corrected chi connectivity index (χ0v) is 13.0. The van der Waals surface area contributed by atoms with Crippen LogP contribution in [0.1, 0.15) is 10.5 Å². The van der Waals surface area contributed by atoms with E-state index in [1.807, 2.05) is 0 Å². The van der Waals surface area contributed by atoms with Crippen molar-refractivity contribution in [2.75, 3.05) is 6.79 Å². The molecule has 0 bridgehead atoms. The summed E-state index contributed by atoms with van der Waals surface area (Å²) < 4.78 is 10.5. The lowest BCUT2D eigenvalue weighted by Crippen LogP contribution is -2.52. The van der Waals surface area contributed by atoms with E-state index in [9.17, 15) is 14.4 Å². The van der Waals surface area contributed by atoms with Crippen LogP contribution in [-0.4, -0.2) is 35.5 Å². The molecule has 124 valence electrons. The van der Waals surface area contributed by atoms with Crippen molar-refractivity contribution in [2.45, 2.75) is 6.04 Å². The largest absolute Gasteiger partial charge is 0.454 e. The van der Waals surface area contributed by atoms with Gasteiger partial charge in [-0.3, -0.25) is 14.4 Å². The minimum Gasteiger partial charge on any atom is -0.454 e. The smallest absolute Gasteiger partial charge is 0.271 e. The van der Waals surface area contributed by atoms with Crippen molar-refractivity contribution in [2.24, 2.45) is 11.5 Å². The van der Waals surface area contributed by atoms with E-state index in [4.69, 9.17) is 20.9 Å². The van der Waals surface area contributed by atoms with Crippen LogP contribution < -0.4 is 26.3 Å². The van der Waals surface area contributed by atoms with E-state index in [1.165, 1.54) is 16.7 Å². The van der Waals surface area contributed by atoms with Gasteiger partial charge in [0.1, 0.15) is 10.7 Å². The van der Waals surface area contributed by atoms with Gasteiger partial charge in [-0.05, 0) is 18.2 Å². The van der Waals surface area contributed by atoms with Crippen LogP contribution in [0.4, 0.5) is 0 Å². The molecule has 0 fully saturated rings. The number of amides is 3. The van der Waals surface area contributed by atoms with Crippen molar-refractivity contribution in [1.82, 2.24) is 10.3 Å². The summed E-state index contributed by atoms with van der Waals surface area (Å²) in [5, 5.41) is 4.21. The summed E-state index contributed by atoms with van der Waals surface area (Å²) in [6.45, 7) is 0.159. The second-order valence-electron chi connectivity index (χ2n) is 4.82. The van der Waals surface area contributed by atoms with E-state index in [-0.39, 0.29) is 12.5 Å². The molecule has 2 heterocycles. The first-order valence-corrected chi connectivity index (χ1v) is 7.58. The van der Waals surface area contributed by atoms with Crippen molar-refractivity contribution in [3.05, 3.63) is 29.3 Å². The van der Waals surface area contributed by atoms with Crippen molar-refractivity contribution in [3.8, 4) is 22.1 Å². The first kappa shape index (κ1) is 15.7. The molecule has 0 unspecified atom stereocenters. The number of ether oxygens (including phenoxy) is 2. The number of carbonyl (C=O) groups excluding carboxylic acids is 3. The third-order valence-corrected chi connectivity index (χ3v) is 4.09. The zero-order valence-electron chi connectivity index (χ0n) is 12.1. The summed E-state index contributed by atoms with van der Waals surface area (Å²) in [5.41, 5.74) is 10.8. The summed E-state index contributed by atoms with van der Waals surface area (Å²) in [7, 11) is 0. The molecule has 0 saturated carbocycles. The predicted octanol–water partition coefficient (Wildman–Crippen LogP) is -0.392. The van der Waals surface area contributed by atoms with Crippen LogP contribution in [0.3, 0.4) is 0 Å². The van der Waals surface area contributed by atoms with E-state index < -0.39 is 23.8 Å². The molecule has 1 aliphatic rings. The van der Waals surface area contributed by atoms with Gasteiger partial charge in [0.05, 0.1) is 0 Å². The number of hydrogen-bond donors (Lipinski definition) is 3. The van der Waals surface area contributed by atoms with Gasteiger partial charge < -0.3 is 26.3 Å². The molecule has 1 aromatic carbocycles. The molecule has 9 nitrogen and oxygen atoms in total. The van der Waals surface area contributed by atoms with Crippen LogP contribution in [0.5, 0.6) is 11.5 Å². The molecule has 10 heteroatoms. The number of hydrogen-bond acceptors (Lipinski definition) is 7. The molecule has 0 spiro atoms. The zero-order chi connectivity index (χ0) is 17.3. The van der Waals surface area contributed by atoms with Crippen molar-refractivity contribution in [1.29, 1.82) is 0 Å². The van der Waals surface area contributed by atoms with Gasteiger partial charge in [0.25, 0.3) is 5.91 Å². The Morgan fingerprint density at radius 2 is 1.88 bits per heavy atom. The number of benzene rings is 1. The molecule has 24 heavy (non-hydrogen) atoms. The summed E-state index contributed by atoms with van der Waals surface area (Å²) in [6, 6.07) is 3.69. The topological polar surface area (TPSA) is 147 Å². The maximum atomic E-state index is 12.1. The third kappa shape index (κ3) is 2.99. The SMILES string of the molecule is NC(=O)C(NC(=O)c1csc(-c2ccc3c(c2)OCO3)n1)C(N)=O. The minimum atomic E-state index is -1.59. The number of nitrogens with two attached hydrogens (primary N) is 2. The Balaban J connectivity index is 1.79. The fourth-order valence-corrected chi connectivity index (χ4v) is 2.82. The van der Waals surface area contributed by atoms with Gasteiger partial charge in [-0.2, -0.15) is 0 Å². The molecule has 0 aliphatic carbocycles. The van der Waals surface area contributed by atoms with Crippen LogP contribution in [0, 0.1) is 0 Å². The average molecular weight is 348 g/mol. The maximum Gasteiger partial charge on any atom is 0.271 e. The number of nitrogens with zero attached hydrogens (tertiary/aromatic N) is 1. The van der Waals surface area contributed by atoms with Crippen molar-refractivity contribution in [3.63, 3.8) is 0 Å². The van der Waals surface area contributed by atoms with Crippen LogP contribution in [0.15, 0.2) is 23.6 Å². The average Bonchev–Trinajstić information content (AvgIpc) is 3.19. The Bertz CT molecular complexity index is 820. The summed E-state index contributed by atoms with van der Waals surface area (Å²) >= 11 is 1.22. The van der Waals surface area contributed by atoms with Gasteiger partial charge in [-0.1, -0.05) is 0 Å². The van der Waals surface area contributed by atoms with Crippen LogP contribution >= 0.6 is 11.3 Å². The number of carbonyl (C=O) groups is 3. The van der Waals surface area contributed by atoms with Gasteiger partial charge in [0.15, 0.2) is 17.5 Å². The summed E-state index contributed by atoms with van der Waals surface area (Å²) in [5.74, 6) is -1.57. The highest BCUT2D eigenvalue weighted by Crippen LogP contribution is 2.36. The standard InChI is InChI=1S/C14H12N4O5S/c15-11(19)10(12(16)20)18-13(21)7-4-24-14(17-7)6-1-2-8-9(3-6)23-5-22-8/h1-4,10H,5H2,(H2,15,19)(H2,16,20)(H,18,21). The molecule has 5 N–H and O–H groups in total. The second-order valence-corrected chi connectivity index (χ2v) is 5.68. The van der Waals surface area contributed by atoms with Gasteiger partial charge in [-0.15, -0.1) is 11.3 Å². The Hall–Kier alpha value is -3.14. The third-order valence-electron chi connectivity index (χ3n) is 3.20. The number of nitrogens with one attached hydrogen (secondary N) is 1. The Morgan fingerprint density at radius 1 is 1.17 bits per heavy atom. The van der Waals surface area contributed by atoms with E-state index in [0.29, 0.717) is 16.5 Å². The first-order valence-electron chi connectivity index (χ1n) is 6.71. The van der Waals surface area contributed by atoms with Gasteiger partial charge >= 0.3 is 0 Å². The Morgan fingerprint density at radius 3 is 2.58 bits per heavy atom. The quantitative estimate of drug-likeness (QED) is 0.627. The highest BCUT2D eigenvalue weighted by Gasteiger charge is 2.25. The fourth-order valence-electron chi connectivity index (χ4n) is 2.03. The van der Waals surface area contributed by atoms with Crippen LogP contribution in [0.25, 0.3) is 10.6 Å². The highest BCUT2D eigenvalue weighted by atomic mass is 32.1. The Labute approximate surface area is 139 Å². The number of thiazole rings is 1. The van der Waals surface area contributed by atoms with Gasteiger partial charge in [-0.25, -0.2) is 4.98 Å². The lowest BCUT2D eigenvalue weighted by atomic mass is 10.2. The minimum absolute atomic E-state index is 0.0418. The number of fused-ring (bicyclic) bond motifs is 1. The lowest BCUT2D eigenvalue weighted by Gasteiger charge is -2.10. The predicted molar refractivity (Wildman–Crippen MR) is 83.3 cm³/mol. The molecular weight excluding hydrogens is 336 g/mol. The van der Waals surface area contributed by atoms with E-state index >= 15 is 0 Å². The van der Waals surface area contributed by atoms with Crippen LogP contribution in [0.2, 0.25) is 0 Å². The number of aromatic nitrogens is 1. The fraction of sp³-hybridized carbons (Fsp3) is 0.143. The number of rotatable bonds is 5. The first-order chi connectivity index (χ1) is 11.5. The van der Waals surface area contributed by atoms with E-state index in [2.05, 4.69) is 10.3 Å². The molecule has 3 rings (SSSR count). The molecule has 0 saturated heterocycles. The molecular formula is C14H12N4O5S. The maximum absolute atomic E-state index is 12.1. The van der Waals surface area contributed by atoms with E-state index in [0.717, 1.165) is 5.56 Å². The van der Waals surface area contributed by atoms with Crippen LogP contribution in [-0.2, 0) is 9.59 Å². The molecule has 3 amide bonds. The molecule has 2 aromatic rings. The normalized spacial score (nSPS) is 12.2. The van der Waals surface area contributed by atoms with Crippen molar-refractivity contribution >= 4 is 29.1 Å². The summed E-state index contributed by atoms with van der Waals surface area (Å²) in [4.78, 5) is 38.5. The molecule has 0 radical (unpaired) electrons. The molecule has 0 atom stereocenters. The van der Waals surface area contributed by atoms with E-state index in [1.54, 1.807) is 18.2 Å². The molecule has 1 aromatic heterocycles. The second kappa shape index (κ2) is 6.16. The molecule has 1 aliphatic heterocycles. The monoisotopic (exact) mass is 348 g/mol. The highest BCUT2D eigenvalue weighted by molar-refractivity contribution is 7.13. The number of primary amides is 2. The van der Waals surface area contributed by atoms with Crippen molar-refractivity contribution < 1.29 is 23.9 Å². The van der Waals surface area contributed by atoms with Gasteiger partial charge in [0.2, 0.25) is 18.6 Å². The lowest BCUT2D eigenvalue weighted by molar-refractivity contribution is -0.128. The Kier molecular flexibility index (Phi) is 4.04.